The Morgan fingerprint density at radius 1 is 1.30 bits per heavy atom. The van der Waals surface area contributed by atoms with E-state index in [-0.39, 0.29) is 24.1 Å². The number of amides is 2. The fourth-order valence-corrected chi connectivity index (χ4v) is 2.11. The average Bonchev–Trinajstić information content (AvgIpc) is 2.70. The van der Waals surface area contributed by atoms with Gasteiger partial charge < -0.3 is 4.84 Å². The van der Waals surface area contributed by atoms with Crippen molar-refractivity contribution in [1.29, 1.82) is 0 Å². The molecule has 0 bridgehead atoms. The lowest BCUT2D eigenvalue weighted by atomic mass is 10.2. The van der Waals surface area contributed by atoms with Gasteiger partial charge in [-0.25, -0.2) is 4.79 Å². The standard InChI is InChI=1S/C11H7IN2O6/c12-7-2-1-6(5-8(7)14(18)19)11(17)20-13-9(15)3-4-10(13)16/h1-2,5H,3-4H2. The van der Waals surface area contributed by atoms with E-state index in [1.54, 1.807) is 22.6 Å². The van der Waals surface area contributed by atoms with Gasteiger partial charge in [0.05, 0.1) is 14.1 Å². The number of imide groups is 1. The molecule has 0 saturated carbocycles. The third kappa shape index (κ3) is 2.76. The maximum absolute atomic E-state index is 11.8. The van der Waals surface area contributed by atoms with E-state index in [0.29, 0.717) is 8.63 Å². The number of nitrogens with zero attached hydrogens (tertiary/aromatic N) is 2. The SMILES string of the molecule is O=C(ON1C(=O)CCC1=O)c1ccc(I)c([N+](=O)[O-])c1. The summed E-state index contributed by atoms with van der Waals surface area (Å²) >= 11 is 1.76. The fourth-order valence-electron chi connectivity index (χ4n) is 1.57. The number of carbonyl (C=O) groups excluding carboxylic acids is 3. The van der Waals surface area contributed by atoms with Gasteiger partial charge in [-0.15, -0.1) is 5.06 Å². The molecule has 2 amide bonds. The van der Waals surface area contributed by atoms with Crippen molar-refractivity contribution in [2.45, 2.75) is 12.8 Å². The number of nitro benzene ring substituents is 1. The van der Waals surface area contributed by atoms with Crippen molar-refractivity contribution in [2.24, 2.45) is 0 Å². The highest BCUT2D eigenvalue weighted by Crippen LogP contribution is 2.23. The predicted octanol–water partition coefficient (Wildman–Crippen LogP) is 1.42. The molecule has 1 aliphatic rings. The van der Waals surface area contributed by atoms with Gasteiger partial charge in [0.2, 0.25) is 0 Å². The Hall–Kier alpha value is -2.04. The van der Waals surface area contributed by atoms with Crippen molar-refractivity contribution in [1.82, 2.24) is 5.06 Å². The summed E-state index contributed by atoms with van der Waals surface area (Å²) in [4.78, 5) is 49.2. The third-order valence-electron chi connectivity index (χ3n) is 2.56. The van der Waals surface area contributed by atoms with Crippen LogP contribution in [0.2, 0.25) is 0 Å². The molecule has 0 radical (unpaired) electrons. The van der Waals surface area contributed by atoms with Gasteiger partial charge in [0.25, 0.3) is 17.5 Å². The lowest BCUT2D eigenvalue weighted by molar-refractivity contribution is -0.385. The normalized spacial score (nSPS) is 14.6. The highest BCUT2D eigenvalue weighted by Gasteiger charge is 2.33. The van der Waals surface area contributed by atoms with Gasteiger partial charge in [0, 0.05) is 18.9 Å². The molecule has 1 fully saturated rings. The number of hydrogen-bond acceptors (Lipinski definition) is 6. The van der Waals surface area contributed by atoms with Crippen molar-refractivity contribution in [3.8, 4) is 0 Å². The van der Waals surface area contributed by atoms with Crippen molar-refractivity contribution in [2.75, 3.05) is 0 Å². The van der Waals surface area contributed by atoms with Gasteiger partial charge in [0.1, 0.15) is 0 Å². The van der Waals surface area contributed by atoms with Gasteiger partial charge in [0.15, 0.2) is 0 Å². The van der Waals surface area contributed by atoms with E-state index in [1.165, 1.54) is 12.1 Å². The van der Waals surface area contributed by atoms with Gasteiger partial charge in [-0.1, -0.05) is 0 Å². The number of hydroxylamine groups is 2. The van der Waals surface area contributed by atoms with Crippen molar-refractivity contribution < 1.29 is 24.1 Å². The van der Waals surface area contributed by atoms with Crippen LogP contribution in [0.5, 0.6) is 0 Å². The van der Waals surface area contributed by atoms with Crippen molar-refractivity contribution >= 4 is 46.1 Å². The van der Waals surface area contributed by atoms with E-state index in [4.69, 9.17) is 0 Å². The number of rotatable bonds is 3. The second-order valence-electron chi connectivity index (χ2n) is 3.88. The topological polar surface area (TPSA) is 107 Å². The molecular formula is C11H7IN2O6. The summed E-state index contributed by atoms with van der Waals surface area (Å²) in [6.45, 7) is 0. The molecule has 0 spiro atoms. The smallest absolute Gasteiger partial charge is 0.325 e. The lowest BCUT2D eigenvalue weighted by Crippen LogP contribution is -2.32. The van der Waals surface area contributed by atoms with Gasteiger partial charge in [-0.3, -0.25) is 19.7 Å². The Kier molecular flexibility index (Phi) is 3.97. The van der Waals surface area contributed by atoms with Crippen LogP contribution < -0.4 is 0 Å². The predicted molar refractivity (Wildman–Crippen MR) is 72.3 cm³/mol. The van der Waals surface area contributed by atoms with E-state index in [1.807, 2.05) is 0 Å². The maximum Gasteiger partial charge on any atom is 0.364 e. The molecule has 0 aromatic heterocycles. The molecule has 1 aromatic carbocycles. The first kappa shape index (κ1) is 14.4. The van der Waals surface area contributed by atoms with Crippen LogP contribution in [0.15, 0.2) is 18.2 Å². The summed E-state index contributed by atoms with van der Waals surface area (Å²) in [5.74, 6) is -2.21. The molecule has 0 aliphatic carbocycles. The highest BCUT2D eigenvalue weighted by atomic mass is 127. The second-order valence-corrected chi connectivity index (χ2v) is 5.05. The number of carbonyl (C=O) groups is 3. The zero-order valence-electron chi connectivity index (χ0n) is 9.87. The van der Waals surface area contributed by atoms with E-state index < -0.39 is 22.7 Å². The molecule has 1 aromatic rings. The average molecular weight is 390 g/mol. The fraction of sp³-hybridized carbons (Fsp3) is 0.182. The van der Waals surface area contributed by atoms with Crippen molar-refractivity contribution in [3.05, 3.63) is 37.4 Å². The van der Waals surface area contributed by atoms with Crippen LogP contribution in [0.4, 0.5) is 5.69 Å². The van der Waals surface area contributed by atoms with Crippen LogP contribution in [-0.4, -0.2) is 27.8 Å². The van der Waals surface area contributed by atoms with E-state index in [0.717, 1.165) is 6.07 Å². The van der Waals surface area contributed by atoms with Crippen molar-refractivity contribution in [3.63, 3.8) is 0 Å². The van der Waals surface area contributed by atoms with Crippen LogP contribution in [0.25, 0.3) is 0 Å². The van der Waals surface area contributed by atoms with Gasteiger partial charge in [-0.2, -0.15) is 0 Å². The molecule has 9 heteroatoms. The third-order valence-corrected chi connectivity index (χ3v) is 3.47. The molecule has 0 N–H and O–H groups in total. The number of nitro groups is 1. The molecule has 0 atom stereocenters. The number of hydrogen-bond donors (Lipinski definition) is 0. The highest BCUT2D eigenvalue weighted by molar-refractivity contribution is 14.1. The van der Waals surface area contributed by atoms with Gasteiger partial charge in [-0.05, 0) is 34.7 Å². The van der Waals surface area contributed by atoms with Crippen LogP contribution in [0.3, 0.4) is 0 Å². The number of halogens is 1. The van der Waals surface area contributed by atoms with E-state index >= 15 is 0 Å². The maximum atomic E-state index is 11.8. The molecular weight excluding hydrogens is 383 g/mol. The van der Waals surface area contributed by atoms with Crippen LogP contribution in [0.1, 0.15) is 23.2 Å². The molecule has 1 heterocycles. The minimum atomic E-state index is -0.992. The summed E-state index contributed by atoms with van der Waals surface area (Å²) in [7, 11) is 0. The molecule has 0 unspecified atom stereocenters. The monoisotopic (exact) mass is 390 g/mol. The number of benzene rings is 1. The summed E-state index contributed by atoms with van der Waals surface area (Å²) in [6.07, 6.45) is -0.0299. The Bertz CT molecular complexity index is 613. The summed E-state index contributed by atoms with van der Waals surface area (Å²) in [6, 6.07) is 3.74. The first-order valence-electron chi connectivity index (χ1n) is 5.42. The Balaban J connectivity index is 2.21. The van der Waals surface area contributed by atoms with Gasteiger partial charge >= 0.3 is 5.97 Å². The van der Waals surface area contributed by atoms with Crippen LogP contribution >= 0.6 is 22.6 Å². The first-order valence-corrected chi connectivity index (χ1v) is 6.50. The second kappa shape index (κ2) is 5.53. The quantitative estimate of drug-likeness (QED) is 0.335. The molecule has 1 saturated heterocycles. The summed E-state index contributed by atoms with van der Waals surface area (Å²) in [5.41, 5.74) is -0.358. The summed E-state index contributed by atoms with van der Waals surface area (Å²) < 4.78 is 0.359. The Morgan fingerprint density at radius 2 is 1.90 bits per heavy atom. The zero-order chi connectivity index (χ0) is 14.9. The molecule has 1 aliphatic heterocycles. The summed E-state index contributed by atoms with van der Waals surface area (Å²) in [5, 5.41) is 11.2. The first-order chi connectivity index (χ1) is 9.40. The molecule has 2 rings (SSSR count). The van der Waals surface area contributed by atoms with Crippen LogP contribution in [0, 0.1) is 13.7 Å². The molecule has 104 valence electrons. The molecule has 8 nitrogen and oxygen atoms in total. The Labute approximate surface area is 125 Å². The minimum absolute atomic E-state index is 0.0149. The van der Waals surface area contributed by atoms with E-state index in [2.05, 4.69) is 4.84 Å². The Morgan fingerprint density at radius 3 is 2.45 bits per heavy atom. The van der Waals surface area contributed by atoms with Crippen LogP contribution in [-0.2, 0) is 14.4 Å². The minimum Gasteiger partial charge on any atom is -0.325 e. The largest absolute Gasteiger partial charge is 0.364 e. The lowest BCUT2D eigenvalue weighted by Gasteiger charge is -2.12. The molecule has 20 heavy (non-hydrogen) atoms. The zero-order valence-corrected chi connectivity index (χ0v) is 12.0. The van der Waals surface area contributed by atoms with E-state index in [9.17, 15) is 24.5 Å².